The van der Waals surface area contributed by atoms with Crippen LogP contribution in [-0.2, 0) is 0 Å². The van der Waals surface area contributed by atoms with E-state index in [1.165, 1.54) is 6.07 Å². The lowest BCUT2D eigenvalue weighted by atomic mass is 9.79. The van der Waals surface area contributed by atoms with E-state index < -0.39 is 12.9 Å². The minimum Gasteiger partial charge on any atom is -0.491 e. The SMILES string of the molecule is CC(C)Oc1cc(F)ccc1B(O)O. The first kappa shape index (κ1) is 11.0. The van der Waals surface area contributed by atoms with E-state index in [2.05, 4.69) is 0 Å². The molecule has 1 rings (SSSR count). The summed E-state index contributed by atoms with van der Waals surface area (Å²) in [6.45, 7) is 3.55. The van der Waals surface area contributed by atoms with Crippen molar-refractivity contribution in [2.75, 3.05) is 0 Å². The van der Waals surface area contributed by atoms with E-state index in [-0.39, 0.29) is 17.3 Å². The second-order valence-electron chi connectivity index (χ2n) is 3.22. The molecule has 14 heavy (non-hydrogen) atoms. The molecule has 5 heteroatoms. The Morgan fingerprint density at radius 2 is 2.00 bits per heavy atom. The van der Waals surface area contributed by atoms with E-state index in [0.29, 0.717) is 0 Å². The third-order valence-corrected chi connectivity index (χ3v) is 1.62. The van der Waals surface area contributed by atoms with Gasteiger partial charge in [-0.15, -0.1) is 0 Å². The number of hydrogen-bond acceptors (Lipinski definition) is 3. The fourth-order valence-corrected chi connectivity index (χ4v) is 1.08. The predicted molar refractivity (Wildman–Crippen MR) is 52.0 cm³/mol. The van der Waals surface area contributed by atoms with Gasteiger partial charge in [0.1, 0.15) is 11.6 Å². The normalized spacial score (nSPS) is 10.4. The van der Waals surface area contributed by atoms with Crippen molar-refractivity contribution in [3.8, 4) is 5.75 Å². The van der Waals surface area contributed by atoms with Crippen LogP contribution in [0.25, 0.3) is 0 Å². The summed E-state index contributed by atoms with van der Waals surface area (Å²) < 4.78 is 18.0. The van der Waals surface area contributed by atoms with Crippen molar-refractivity contribution in [3.63, 3.8) is 0 Å². The molecule has 0 atom stereocenters. The van der Waals surface area contributed by atoms with E-state index in [1.54, 1.807) is 13.8 Å². The molecule has 0 heterocycles. The fourth-order valence-electron chi connectivity index (χ4n) is 1.08. The van der Waals surface area contributed by atoms with Gasteiger partial charge in [0, 0.05) is 11.5 Å². The van der Waals surface area contributed by atoms with Crippen LogP contribution in [-0.4, -0.2) is 23.3 Å². The molecular weight excluding hydrogens is 186 g/mol. The molecule has 0 radical (unpaired) electrons. The summed E-state index contributed by atoms with van der Waals surface area (Å²) in [5.74, 6) is -0.306. The van der Waals surface area contributed by atoms with E-state index in [9.17, 15) is 4.39 Å². The van der Waals surface area contributed by atoms with Crippen LogP contribution >= 0.6 is 0 Å². The molecule has 76 valence electrons. The van der Waals surface area contributed by atoms with Gasteiger partial charge in [-0.2, -0.15) is 0 Å². The first-order valence-electron chi connectivity index (χ1n) is 4.33. The van der Waals surface area contributed by atoms with Gasteiger partial charge in [0.05, 0.1) is 6.10 Å². The molecule has 0 bridgehead atoms. The molecule has 3 nitrogen and oxygen atoms in total. The second-order valence-corrected chi connectivity index (χ2v) is 3.22. The van der Waals surface area contributed by atoms with Crippen molar-refractivity contribution in [1.82, 2.24) is 0 Å². The molecule has 1 aromatic rings. The summed E-state index contributed by atoms with van der Waals surface area (Å²) in [5, 5.41) is 17.9. The average Bonchev–Trinajstić information content (AvgIpc) is 2.01. The first-order valence-corrected chi connectivity index (χ1v) is 4.33. The van der Waals surface area contributed by atoms with Gasteiger partial charge in [-0.05, 0) is 19.9 Å². The smallest absolute Gasteiger partial charge is 0.491 e. The molecule has 0 aliphatic carbocycles. The van der Waals surface area contributed by atoms with Crippen LogP contribution in [0.5, 0.6) is 5.75 Å². The standard InChI is InChI=1S/C9H12BFO3/c1-6(2)14-9-5-7(11)3-4-8(9)10(12)13/h3-6,12-13H,1-2H3. The second kappa shape index (κ2) is 4.44. The zero-order chi connectivity index (χ0) is 10.7. The number of benzene rings is 1. The maximum Gasteiger partial charge on any atom is 0.492 e. The molecule has 0 amide bonds. The van der Waals surface area contributed by atoms with Gasteiger partial charge < -0.3 is 14.8 Å². The molecule has 2 N–H and O–H groups in total. The van der Waals surface area contributed by atoms with Crippen LogP contribution in [0.3, 0.4) is 0 Å². The number of ether oxygens (including phenoxy) is 1. The summed E-state index contributed by atoms with van der Waals surface area (Å²) in [6.07, 6.45) is -0.144. The molecule has 0 fully saturated rings. The lowest BCUT2D eigenvalue weighted by molar-refractivity contribution is 0.242. The lowest BCUT2D eigenvalue weighted by Crippen LogP contribution is -2.32. The van der Waals surface area contributed by atoms with Crippen molar-refractivity contribution < 1.29 is 19.2 Å². The Morgan fingerprint density at radius 1 is 1.36 bits per heavy atom. The van der Waals surface area contributed by atoms with Crippen molar-refractivity contribution >= 4 is 12.6 Å². The topological polar surface area (TPSA) is 49.7 Å². The minimum absolute atomic E-state index is 0.144. The van der Waals surface area contributed by atoms with Crippen molar-refractivity contribution in [1.29, 1.82) is 0 Å². The van der Waals surface area contributed by atoms with Crippen LogP contribution in [0.15, 0.2) is 18.2 Å². The van der Waals surface area contributed by atoms with Crippen LogP contribution < -0.4 is 10.2 Å². The fraction of sp³-hybridized carbons (Fsp3) is 0.333. The van der Waals surface area contributed by atoms with E-state index >= 15 is 0 Å². The van der Waals surface area contributed by atoms with E-state index in [0.717, 1.165) is 12.1 Å². The Labute approximate surface area is 82.3 Å². The quantitative estimate of drug-likeness (QED) is 0.686. The maximum absolute atomic E-state index is 12.8. The van der Waals surface area contributed by atoms with Crippen LogP contribution in [0, 0.1) is 5.82 Å². The largest absolute Gasteiger partial charge is 0.492 e. The van der Waals surface area contributed by atoms with Gasteiger partial charge in [0.2, 0.25) is 0 Å². The molecule has 1 aromatic carbocycles. The van der Waals surface area contributed by atoms with Gasteiger partial charge >= 0.3 is 7.12 Å². The Hall–Kier alpha value is -1.07. The van der Waals surface area contributed by atoms with Gasteiger partial charge in [-0.1, -0.05) is 6.07 Å². The van der Waals surface area contributed by atoms with Gasteiger partial charge in [-0.3, -0.25) is 0 Å². The molecule has 0 spiro atoms. The third kappa shape index (κ3) is 2.72. The molecule has 0 aliphatic heterocycles. The third-order valence-electron chi connectivity index (χ3n) is 1.62. The van der Waals surface area contributed by atoms with Crippen molar-refractivity contribution in [3.05, 3.63) is 24.0 Å². The Kier molecular flexibility index (Phi) is 3.49. The molecular formula is C9H12BFO3. The van der Waals surface area contributed by atoms with E-state index in [1.807, 2.05) is 0 Å². The number of rotatable bonds is 3. The molecule has 0 aliphatic rings. The van der Waals surface area contributed by atoms with Crippen LogP contribution in [0.4, 0.5) is 4.39 Å². The Bertz CT molecular complexity index is 315. The highest BCUT2D eigenvalue weighted by Crippen LogP contribution is 2.12. The minimum atomic E-state index is -1.65. The zero-order valence-corrected chi connectivity index (χ0v) is 8.07. The maximum atomic E-state index is 12.8. The lowest BCUT2D eigenvalue weighted by Gasteiger charge is -2.13. The molecule has 0 saturated carbocycles. The van der Waals surface area contributed by atoms with Crippen LogP contribution in [0.2, 0.25) is 0 Å². The predicted octanol–water partition coefficient (Wildman–Crippen LogP) is 0.293. The van der Waals surface area contributed by atoms with Crippen molar-refractivity contribution in [2.45, 2.75) is 20.0 Å². The first-order chi connectivity index (χ1) is 6.50. The highest BCUT2D eigenvalue weighted by atomic mass is 19.1. The summed E-state index contributed by atoms with van der Waals surface area (Å²) in [6, 6.07) is 3.58. The monoisotopic (exact) mass is 198 g/mol. The van der Waals surface area contributed by atoms with Crippen LogP contribution in [0.1, 0.15) is 13.8 Å². The van der Waals surface area contributed by atoms with Crippen molar-refractivity contribution in [2.24, 2.45) is 0 Å². The van der Waals surface area contributed by atoms with E-state index in [4.69, 9.17) is 14.8 Å². The average molecular weight is 198 g/mol. The molecule has 0 aromatic heterocycles. The molecule has 0 unspecified atom stereocenters. The Morgan fingerprint density at radius 3 is 2.50 bits per heavy atom. The number of hydrogen-bond donors (Lipinski definition) is 2. The highest BCUT2D eigenvalue weighted by molar-refractivity contribution is 6.59. The highest BCUT2D eigenvalue weighted by Gasteiger charge is 2.18. The summed E-state index contributed by atoms with van der Waals surface area (Å²) >= 11 is 0. The Balaban J connectivity index is 3.03. The van der Waals surface area contributed by atoms with Gasteiger partial charge in [-0.25, -0.2) is 4.39 Å². The zero-order valence-electron chi connectivity index (χ0n) is 8.07. The number of halogens is 1. The summed E-state index contributed by atoms with van der Waals surface area (Å²) in [7, 11) is -1.65. The van der Waals surface area contributed by atoms with Gasteiger partial charge in [0.15, 0.2) is 0 Å². The summed E-state index contributed by atoms with van der Waals surface area (Å²) in [5.41, 5.74) is 0.167. The van der Waals surface area contributed by atoms with Gasteiger partial charge in [0.25, 0.3) is 0 Å². The molecule has 0 saturated heterocycles. The summed E-state index contributed by atoms with van der Waals surface area (Å²) in [4.78, 5) is 0.